The van der Waals surface area contributed by atoms with Gasteiger partial charge in [0.1, 0.15) is 11.6 Å². The summed E-state index contributed by atoms with van der Waals surface area (Å²) in [5, 5.41) is 1.99. The van der Waals surface area contributed by atoms with Gasteiger partial charge >= 0.3 is 0 Å². The average molecular weight is 508 g/mol. The van der Waals surface area contributed by atoms with Crippen molar-refractivity contribution in [3.05, 3.63) is 81.8 Å². The molecule has 0 saturated carbocycles. The van der Waals surface area contributed by atoms with Crippen LogP contribution in [0.4, 0.5) is 10.1 Å². The molecule has 7 heteroatoms. The van der Waals surface area contributed by atoms with Crippen molar-refractivity contribution in [3.63, 3.8) is 0 Å². The molecule has 0 N–H and O–H groups in total. The summed E-state index contributed by atoms with van der Waals surface area (Å²) in [7, 11) is 0. The molecule has 3 heterocycles. The molecule has 0 aliphatic carbocycles. The number of carbonyl (C=O) groups excluding carboxylic acids is 1. The number of anilines is 1. The van der Waals surface area contributed by atoms with E-state index in [0.717, 1.165) is 74.8 Å². The van der Waals surface area contributed by atoms with E-state index in [2.05, 4.69) is 28.0 Å². The molecule has 1 aromatic heterocycles. The van der Waals surface area contributed by atoms with E-state index < -0.39 is 0 Å². The van der Waals surface area contributed by atoms with E-state index >= 15 is 0 Å². The van der Waals surface area contributed by atoms with E-state index in [9.17, 15) is 9.18 Å². The van der Waals surface area contributed by atoms with Crippen LogP contribution in [0.2, 0.25) is 0 Å². The van der Waals surface area contributed by atoms with Gasteiger partial charge in [0.2, 0.25) is 0 Å². The summed E-state index contributed by atoms with van der Waals surface area (Å²) in [6.07, 6.45) is 2.10. The first kappa shape index (κ1) is 24.8. The summed E-state index contributed by atoms with van der Waals surface area (Å²) in [6, 6.07) is 17.4. The zero-order valence-electron chi connectivity index (χ0n) is 20.9. The Morgan fingerprint density at radius 2 is 1.89 bits per heavy atom. The van der Waals surface area contributed by atoms with E-state index in [-0.39, 0.29) is 11.7 Å². The molecule has 36 heavy (non-hydrogen) atoms. The van der Waals surface area contributed by atoms with Crippen molar-refractivity contribution in [2.24, 2.45) is 5.92 Å². The lowest BCUT2D eigenvalue weighted by Gasteiger charge is -2.36. The van der Waals surface area contributed by atoms with Crippen LogP contribution in [0.3, 0.4) is 0 Å². The Morgan fingerprint density at radius 1 is 1.06 bits per heavy atom. The lowest BCUT2D eigenvalue weighted by atomic mass is 9.98. The molecule has 2 aliphatic rings. The van der Waals surface area contributed by atoms with Crippen LogP contribution in [0.1, 0.15) is 33.6 Å². The predicted molar refractivity (Wildman–Crippen MR) is 144 cm³/mol. The number of hydrogen-bond donors (Lipinski definition) is 0. The first-order valence-corrected chi connectivity index (χ1v) is 13.7. The smallest absolute Gasteiger partial charge is 0.264 e. The maximum Gasteiger partial charge on any atom is 0.264 e. The van der Waals surface area contributed by atoms with Crippen LogP contribution in [-0.4, -0.2) is 61.6 Å². The summed E-state index contributed by atoms with van der Waals surface area (Å²) in [6.45, 7) is 8.49. The predicted octanol–water partition coefficient (Wildman–Crippen LogP) is 5.45. The van der Waals surface area contributed by atoms with Gasteiger partial charge in [-0.25, -0.2) is 4.39 Å². The molecular weight excluding hydrogens is 473 g/mol. The third-order valence-electron chi connectivity index (χ3n) is 7.22. The highest BCUT2D eigenvalue weighted by atomic mass is 32.1. The van der Waals surface area contributed by atoms with Crippen molar-refractivity contribution < 1.29 is 13.9 Å². The minimum atomic E-state index is -0.150. The van der Waals surface area contributed by atoms with Crippen molar-refractivity contribution in [2.75, 3.05) is 50.8 Å². The molecule has 2 aromatic carbocycles. The van der Waals surface area contributed by atoms with Gasteiger partial charge in [0, 0.05) is 51.7 Å². The van der Waals surface area contributed by atoms with Crippen molar-refractivity contribution in [3.8, 4) is 5.75 Å². The second kappa shape index (κ2) is 11.4. The molecule has 1 amide bonds. The number of carbonyl (C=O) groups is 1. The topological polar surface area (TPSA) is 36.0 Å². The van der Waals surface area contributed by atoms with E-state index in [4.69, 9.17) is 4.74 Å². The Hall–Kier alpha value is -2.90. The molecule has 0 unspecified atom stereocenters. The van der Waals surface area contributed by atoms with Gasteiger partial charge in [-0.1, -0.05) is 24.3 Å². The first-order valence-electron chi connectivity index (χ1n) is 12.8. The Kier molecular flexibility index (Phi) is 7.87. The summed E-state index contributed by atoms with van der Waals surface area (Å²) in [5.41, 5.74) is 2.98. The fourth-order valence-electron chi connectivity index (χ4n) is 5.18. The molecular formula is C29H34FN3O2S. The minimum absolute atomic E-state index is 0.150. The number of halogens is 1. The number of benzene rings is 2. The SMILES string of the molecule is Cc1ccsc1C(=O)N1CCC[C@@H](COc2cccc(CN3CCN(c4ccccc4F)CC3)c2)C1. The van der Waals surface area contributed by atoms with E-state index in [0.29, 0.717) is 18.2 Å². The van der Waals surface area contributed by atoms with Gasteiger partial charge in [-0.15, -0.1) is 11.3 Å². The number of thiophene rings is 1. The van der Waals surface area contributed by atoms with Gasteiger partial charge in [0.05, 0.1) is 17.2 Å². The van der Waals surface area contributed by atoms with Crippen molar-refractivity contribution in [2.45, 2.75) is 26.3 Å². The number of piperidine rings is 1. The van der Waals surface area contributed by atoms with Crippen LogP contribution in [-0.2, 0) is 6.54 Å². The number of hydrogen-bond acceptors (Lipinski definition) is 5. The summed E-state index contributed by atoms with van der Waals surface area (Å²) >= 11 is 1.53. The number of piperazine rings is 1. The molecule has 190 valence electrons. The second-order valence-electron chi connectivity index (χ2n) is 9.87. The lowest BCUT2D eigenvalue weighted by molar-refractivity contribution is 0.0637. The molecule has 5 rings (SSSR count). The third-order valence-corrected chi connectivity index (χ3v) is 8.22. The number of ether oxygens (including phenoxy) is 1. The number of rotatable bonds is 7. The number of likely N-dealkylation sites (tertiary alicyclic amines) is 1. The zero-order chi connectivity index (χ0) is 24.9. The fourth-order valence-corrected chi connectivity index (χ4v) is 6.07. The van der Waals surface area contributed by atoms with E-state index in [1.54, 1.807) is 6.07 Å². The number of nitrogens with zero attached hydrogens (tertiary/aromatic N) is 3. The monoisotopic (exact) mass is 507 g/mol. The van der Waals surface area contributed by atoms with Crippen LogP contribution >= 0.6 is 11.3 Å². The Labute approximate surface area is 217 Å². The normalized spacial score (nSPS) is 18.9. The van der Waals surface area contributed by atoms with Gasteiger partial charge < -0.3 is 14.5 Å². The van der Waals surface area contributed by atoms with Gasteiger partial charge in [0.25, 0.3) is 5.91 Å². The van der Waals surface area contributed by atoms with Crippen molar-refractivity contribution in [1.29, 1.82) is 0 Å². The van der Waals surface area contributed by atoms with Crippen LogP contribution in [0.25, 0.3) is 0 Å². The molecule has 2 saturated heterocycles. The van der Waals surface area contributed by atoms with E-state index in [1.165, 1.54) is 23.0 Å². The lowest BCUT2D eigenvalue weighted by Crippen LogP contribution is -2.46. The molecule has 2 aliphatic heterocycles. The Balaban J connectivity index is 1.11. The van der Waals surface area contributed by atoms with Gasteiger partial charge in [-0.2, -0.15) is 0 Å². The maximum absolute atomic E-state index is 14.1. The molecule has 0 radical (unpaired) electrons. The number of para-hydroxylation sites is 1. The highest BCUT2D eigenvalue weighted by Crippen LogP contribution is 2.25. The first-order chi connectivity index (χ1) is 17.6. The summed E-state index contributed by atoms with van der Waals surface area (Å²) in [5.74, 6) is 1.24. The van der Waals surface area contributed by atoms with Gasteiger partial charge in [-0.05, 0) is 66.6 Å². The molecule has 3 aromatic rings. The maximum atomic E-state index is 14.1. The number of aryl methyl sites for hydroxylation is 1. The summed E-state index contributed by atoms with van der Waals surface area (Å²) < 4.78 is 20.3. The van der Waals surface area contributed by atoms with Crippen LogP contribution < -0.4 is 9.64 Å². The van der Waals surface area contributed by atoms with Gasteiger partial charge in [0.15, 0.2) is 0 Å². The second-order valence-corrected chi connectivity index (χ2v) is 10.8. The summed E-state index contributed by atoms with van der Waals surface area (Å²) in [4.78, 5) is 20.3. The quantitative estimate of drug-likeness (QED) is 0.426. The standard InChI is InChI=1S/C29H34FN3O2S/c1-22-11-17-36-28(22)29(34)33-12-5-7-24(20-33)21-35-25-8-4-6-23(18-25)19-31-13-15-32(16-14-31)27-10-3-2-9-26(27)30/h2-4,6,8-11,17-18,24H,5,7,12-16,19-21H2,1H3/t24-/m1/s1. The molecule has 5 nitrogen and oxygen atoms in total. The van der Waals surface area contributed by atoms with Crippen LogP contribution in [0.5, 0.6) is 5.75 Å². The highest BCUT2D eigenvalue weighted by Gasteiger charge is 2.26. The zero-order valence-corrected chi connectivity index (χ0v) is 21.7. The minimum Gasteiger partial charge on any atom is -0.493 e. The van der Waals surface area contributed by atoms with Crippen LogP contribution in [0, 0.1) is 18.7 Å². The molecule has 0 bridgehead atoms. The Morgan fingerprint density at radius 3 is 2.67 bits per heavy atom. The third kappa shape index (κ3) is 5.90. The highest BCUT2D eigenvalue weighted by molar-refractivity contribution is 7.12. The largest absolute Gasteiger partial charge is 0.493 e. The van der Waals surface area contributed by atoms with E-state index in [1.807, 2.05) is 41.5 Å². The number of amides is 1. The molecule has 0 spiro atoms. The molecule has 2 fully saturated rings. The fraction of sp³-hybridized carbons (Fsp3) is 0.414. The molecule has 1 atom stereocenters. The van der Waals surface area contributed by atoms with Crippen molar-refractivity contribution >= 4 is 22.9 Å². The Bertz CT molecular complexity index is 1170. The van der Waals surface area contributed by atoms with Crippen molar-refractivity contribution in [1.82, 2.24) is 9.80 Å². The van der Waals surface area contributed by atoms with Crippen LogP contribution in [0.15, 0.2) is 60.0 Å². The van der Waals surface area contributed by atoms with Gasteiger partial charge in [-0.3, -0.25) is 9.69 Å². The average Bonchev–Trinajstić information content (AvgIpc) is 3.34.